The van der Waals surface area contributed by atoms with Gasteiger partial charge in [-0.2, -0.15) is 0 Å². The highest BCUT2D eigenvalue weighted by atomic mass is 16.5. The predicted octanol–water partition coefficient (Wildman–Crippen LogP) is 2.05. The lowest BCUT2D eigenvalue weighted by molar-refractivity contribution is -0.00795. The Balaban J connectivity index is 1.47. The Morgan fingerprint density at radius 2 is 2.23 bits per heavy atom. The van der Waals surface area contributed by atoms with Crippen molar-refractivity contribution in [3.8, 4) is 0 Å². The van der Waals surface area contributed by atoms with Gasteiger partial charge in [0.25, 0.3) is 5.91 Å². The van der Waals surface area contributed by atoms with E-state index in [1.165, 1.54) is 0 Å². The van der Waals surface area contributed by atoms with E-state index in [1.54, 1.807) is 6.20 Å². The second-order valence-corrected chi connectivity index (χ2v) is 6.19. The first kappa shape index (κ1) is 15.4. The average Bonchev–Trinajstić information content (AvgIpc) is 3.07. The quantitative estimate of drug-likeness (QED) is 0.854. The Labute approximate surface area is 131 Å². The zero-order valence-corrected chi connectivity index (χ0v) is 13.2. The fraction of sp³-hybridized carbons (Fsp3) is 0.647. The molecule has 22 heavy (non-hydrogen) atoms. The summed E-state index contributed by atoms with van der Waals surface area (Å²) in [5.41, 5.74) is 1.51. The minimum atomic E-state index is 0.0910. The monoisotopic (exact) mass is 304 g/mol. The van der Waals surface area contributed by atoms with Gasteiger partial charge in [0, 0.05) is 37.5 Å². The summed E-state index contributed by atoms with van der Waals surface area (Å²) in [5, 5.41) is 0. The molecule has 120 valence electrons. The van der Waals surface area contributed by atoms with Crippen molar-refractivity contribution >= 4 is 5.91 Å². The van der Waals surface area contributed by atoms with E-state index in [4.69, 9.17) is 9.47 Å². The van der Waals surface area contributed by atoms with Crippen molar-refractivity contribution in [2.45, 2.75) is 32.3 Å². The molecule has 0 radical (unpaired) electrons. The molecule has 5 nitrogen and oxygen atoms in total. The first-order valence-electron chi connectivity index (χ1n) is 8.14. The average molecular weight is 304 g/mol. The first-order valence-corrected chi connectivity index (χ1v) is 8.14. The van der Waals surface area contributed by atoms with Gasteiger partial charge in [0.2, 0.25) is 0 Å². The van der Waals surface area contributed by atoms with Crippen molar-refractivity contribution in [3.63, 3.8) is 0 Å². The second-order valence-electron chi connectivity index (χ2n) is 6.19. The van der Waals surface area contributed by atoms with E-state index >= 15 is 0 Å². The molecule has 0 aromatic carbocycles. The number of pyridine rings is 1. The Morgan fingerprint density at radius 1 is 1.41 bits per heavy atom. The number of hydrogen-bond donors (Lipinski definition) is 0. The molecule has 0 spiro atoms. The molecule has 2 fully saturated rings. The van der Waals surface area contributed by atoms with Gasteiger partial charge in [-0.15, -0.1) is 0 Å². The van der Waals surface area contributed by atoms with Crippen molar-refractivity contribution in [1.82, 2.24) is 9.88 Å². The summed E-state index contributed by atoms with van der Waals surface area (Å²) in [5.74, 6) is 0.644. The SMILES string of the molecule is Cc1ncccc1C(=O)N1CCC(OCC2CCOC2)CC1. The third kappa shape index (κ3) is 3.65. The zero-order chi connectivity index (χ0) is 15.4. The van der Waals surface area contributed by atoms with Crippen molar-refractivity contribution < 1.29 is 14.3 Å². The Hall–Kier alpha value is -1.46. The van der Waals surface area contributed by atoms with Crippen LogP contribution in [0.1, 0.15) is 35.3 Å². The summed E-state index contributed by atoms with van der Waals surface area (Å²) in [4.78, 5) is 18.6. The van der Waals surface area contributed by atoms with Crippen molar-refractivity contribution in [2.24, 2.45) is 5.92 Å². The molecule has 1 unspecified atom stereocenters. The molecule has 5 heteroatoms. The zero-order valence-electron chi connectivity index (χ0n) is 13.2. The maximum absolute atomic E-state index is 12.5. The third-order valence-electron chi connectivity index (χ3n) is 4.56. The number of carbonyl (C=O) groups is 1. The molecular weight excluding hydrogens is 280 g/mol. The molecule has 1 aromatic heterocycles. The van der Waals surface area contributed by atoms with Crippen LogP contribution in [0.5, 0.6) is 0 Å². The number of likely N-dealkylation sites (tertiary alicyclic amines) is 1. The van der Waals surface area contributed by atoms with Crippen molar-refractivity contribution in [2.75, 3.05) is 32.9 Å². The number of aryl methyl sites for hydroxylation is 1. The topological polar surface area (TPSA) is 51.7 Å². The van der Waals surface area contributed by atoms with E-state index < -0.39 is 0 Å². The molecule has 1 atom stereocenters. The van der Waals surface area contributed by atoms with E-state index in [2.05, 4.69) is 4.98 Å². The number of aromatic nitrogens is 1. The smallest absolute Gasteiger partial charge is 0.255 e. The van der Waals surface area contributed by atoms with Crippen LogP contribution >= 0.6 is 0 Å². The van der Waals surface area contributed by atoms with E-state index in [0.29, 0.717) is 11.5 Å². The summed E-state index contributed by atoms with van der Waals surface area (Å²) in [6.07, 6.45) is 4.94. The van der Waals surface area contributed by atoms with Crippen LogP contribution in [0.15, 0.2) is 18.3 Å². The summed E-state index contributed by atoms with van der Waals surface area (Å²) in [6.45, 7) is 5.90. The van der Waals surface area contributed by atoms with Gasteiger partial charge in [-0.05, 0) is 38.3 Å². The van der Waals surface area contributed by atoms with Gasteiger partial charge < -0.3 is 14.4 Å². The molecule has 3 rings (SSSR count). The predicted molar refractivity (Wildman–Crippen MR) is 82.8 cm³/mol. The fourth-order valence-electron chi connectivity index (χ4n) is 3.09. The number of ether oxygens (including phenoxy) is 2. The standard InChI is InChI=1S/C17H24N2O3/c1-13-16(3-2-7-18-13)17(20)19-8-4-15(5-9-19)22-12-14-6-10-21-11-14/h2-3,7,14-15H,4-6,8-12H2,1H3. The van der Waals surface area contributed by atoms with E-state index in [0.717, 1.165) is 57.9 Å². The van der Waals surface area contributed by atoms with Crippen LogP contribution in [0.4, 0.5) is 0 Å². The van der Waals surface area contributed by atoms with Crippen LogP contribution < -0.4 is 0 Å². The second kappa shape index (κ2) is 7.20. The number of carbonyl (C=O) groups excluding carboxylic acids is 1. The summed E-state index contributed by atoms with van der Waals surface area (Å²) < 4.78 is 11.4. The first-order chi connectivity index (χ1) is 10.7. The minimum absolute atomic E-state index is 0.0910. The maximum atomic E-state index is 12.5. The minimum Gasteiger partial charge on any atom is -0.381 e. The van der Waals surface area contributed by atoms with Crippen LogP contribution in [0.25, 0.3) is 0 Å². The largest absolute Gasteiger partial charge is 0.381 e. The Bertz CT molecular complexity index is 506. The van der Waals surface area contributed by atoms with E-state index in [-0.39, 0.29) is 12.0 Å². The molecule has 2 saturated heterocycles. The van der Waals surface area contributed by atoms with Crippen LogP contribution in [0.2, 0.25) is 0 Å². The number of hydrogen-bond acceptors (Lipinski definition) is 4. The number of piperidine rings is 1. The molecule has 0 aliphatic carbocycles. The molecule has 1 aromatic rings. The lowest BCUT2D eigenvalue weighted by Crippen LogP contribution is -2.41. The fourth-order valence-corrected chi connectivity index (χ4v) is 3.09. The highest BCUT2D eigenvalue weighted by Gasteiger charge is 2.26. The number of rotatable bonds is 4. The molecule has 1 amide bonds. The Morgan fingerprint density at radius 3 is 2.91 bits per heavy atom. The molecule has 0 saturated carbocycles. The maximum Gasteiger partial charge on any atom is 0.255 e. The third-order valence-corrected chi connectivity index (χ3v) is 4.56. The lowest BCUT2D eigenvalue weighted by atomic mass is 10.1. The van der Waals surface area contributed by atoms with Crippen LogP contribution in [-0.4, -0.2) is 54.8 Å². The number of amides is 1. The summed E-state index contributed by atoms with van der Waals surface area (Å²) in [6, 6.07) is 3.67. The highest BCUT2D eigenvalue weighted by Crippen LogP contribution is 2.20. The van der Waals surface area contributed by atoms with Gasteiger partial charge >= 0.3 is 0 Å². The lowest BCUT2D eigenvalue weighted by Gasteiger charge is -2.32. The normalized spacial score (nSPS) is 23.0. The number of nitrogens with zero attached hydrogens (tertiary/aromatic N) is 2. The molecular formula is C17H24N2O3. The Kier molecular flexibility index (Phi) is 5.05. The van der Waals surface area contributed by atoms with Crippen LogP contribution in [0.3, 0.4) is 0 Å². The van der Waals surface area contributed by atoms with Gasteiger partial charge in [0.15, 0.2) is 0 Å². The van der Waals surface area contributed by atoms with Gasteiger partial charge in [-0.3, -0.25) is 9.78 Å². The molecule has 2 aliphatic rings. The van der Waals surface area contributed by atoms with Crippen molar-refractivity contribution in [3.05, 3.63) is 29.6 Å². The molecule has 0 N–H and O–H groups in total. The van der Waals surface area contributed by atoms with Gasteiger partial charge in [-0.25, -0.2) is 0 Å². The van der Waals surface area contributed by atoms with Gasteiger partial charge in [0.05, 0.1) is 24.9 Å². The highest BCUT2D eigenvalue weighted by molar-refractivity contribution is 5.95. The molecule has 2 aliphatic heterocycles. The van der Waals surface area contributed by atoms with Gasteiger partial charge in [0.1, 0.15) is 0 Å². The van der Waals surface area contributed by atoms with Gasteiger partial charge in [-0.1, -0.05) is 0 Å². The van der Waals surface area contributed by atoms with E-state index in [1.807, 2.05) is 24.0 Å². The van der Waals surface area contributed by atoms with Crippen molar-refractivity contribution in [1.29, 1.82) is 0 Å². The summed E-state index contributed by atoms with van der Waals surface area (Å²) in [7, 11) is 0. The van der Waals surface area contributed by atoms with E-state index in [9.17, 15) is 4.79 Å². The molecule has 0 bridgehead atoms. The van der Waals surface area contributed by atoms with Crippen LogP contribution in [-0.2, 0) is 9.47 Å². The van der Waals surface area contributed by atoms with Crippen LogP contribution in [0, 0.1) is 12.8 Å². The summed E-state index contributed by atoms with van der Waals surface area (Å²) >= 11 is 0. The molecule has 3 heterocycles.